The van der Waals surface area contributed by atoms with Crippen LogP contribution in [0.15, 0.2) is 71.8 Å². The van der Waals surface area contributed by atoms with Gasteiger partial charge in [0.25, 0.3) is 5.91 Å². The highest BCUT2D eigenvalue weighted by Gasteiger charge is 2.08. The lowest BCUT2D eigenvalue weighted by molar-refractivity contribution is 0.100. The normalized spacial score (nSPS) is 13.8. The second-order valence-corrected chi connectivity index (χ2v) is 4.65. The fourth-order valence-corrected chi connectivity index (χ4v) is 1.84. The highest BCUT2D eigenvalue weighted by atomic mass is 16.1. The molecule has 0 saturated heterocycles. The molecule has 1 aromatic carbocycles. The van der Waals surface area contributed by atoms with E-state index in [1.165, 1.54) is 0 Å². The van der Waals surface area contributed by atoms with Crippen molar-refractivity contribution >= 4 is 11.6 Å². The molecule has 0 bridgehead atoms. The van der Waals surface area contributed by atoms with E-state index >= 15 is 0 Å². The van der Waals surface area contributed by atoms with Crippen molar-refractivity contribution in [2.24, 2.45) is 4.99 Å². The summed E-state index contributed by atoms with van der Waals surface area (Å²) in [6, 6.07) is 5.82. The van der Waals surface area contributed by atoms with Gasteiger partial charge in [0.1, 0.15) is 0 Å². The Morgan fingerprint density at radius 2 is 1.50 bits per heavy atom. The SMILES string of the molecule is Cc1ccc(C)c(C(=O)N=C2C=CC=CC=CC=C2)c1. The van der Waals surface area contributed by atoms with Gasteiger partial charge < -0.3 is 0 Å². The number of hydrogen-bond acceptors (Lipinski definition) is 1. The summed E-state index contributed by atoms with van der Waals surface area (Å²) in [5.41, 5.74) is 3.31. The number of carbonyl (C=O) groups excluding carboxylic acids is 1. The van der Waals surface area contributed by atoms with Crippen LogP contribution in [0.2, 0.25) is 0 Å². The average Bonchev–Trinajstić information content (AvgIpc) is 2.55. The predicted molar refractivity (Wildman–Crippen MR) is 84.2 cm³/mol. The van der Waals surface area contributed by atoms with E-state index in [4.69, 9.17) is 0 Å². The molecule has 100 valence electrons. The van der Waals surface area contributed by atoms with Gasteiger partial charge in [0.15, 0.2) is 0 Å². The topological polar surface area (TPSA) is 29.4 Å². The summed E-state index contributed by atoms with van der Waals surface area (Å²) in [7, 11) is 0. The minimum Gasteiger partial charge on any atom is -0.267 e. The van der Waals surface area contributed by atoms with Crippen LogP contribution >= 0.6 is 0 Å². The van der Waals surface area contributed by atoms with Crippen LogP contribution in [0.1, 0.15) is 21.5 Å². The molecule has 2 rings (SSSR count). The number of aliphatic imine (C=N–C) groups is 1. The first kappa shape index (κ1) is 13.9. The minimum atomic E-state index is -0.206. The van der Waals surface area contributed by atoms with E-state index in [1.54, 1.807) is 0 Å². The molecule has 0 heterocycles. The Morgan fingerprint density at radius 3 is 2.15 bits per heavy atom. The second kappa shape index (κ2) is 6.62. The van der Waals surface area contributed by atoms with E-state index < -0.39 is 0 Å². The molecule has 0 radical (unpaired) electrons. The van der Waals surface area contributed by atoms with E-state index in [-0.39, 0.29) is 5.91 Å². The Labute approximate surface area is 119 Å². The fraction of sp³-hybridized carbons (Fsp3) is 0.111. The van der Waals surface area contributed by atoms with E-state index in [1.807, 2.05) is 80.7 Å². The summed E-state index contributed by atoms with van der Waals surface area (Å²) in [4.78, 5) is 16.5. The third kappa shape index (κ3) is 3.75. The molecule has 1 aliphatic carbocycles. The second-order valence-electron chi connectivity index (χ2n) is 4.65. The van der Waals surface area contributed by atoms with Gasteiger partial charge in [-0.1, -0.05) is 54.2 Å². The number of nitrogens with zero attached hydrogens (tertiary/aromatic N) is 1. The zero-order chi connectivity index (χ0) is 14.4. The lowest BCUT2D eigenvalue weighted by Gasteiger charge is -2.03. The number of hydrogen-bond donors (Lipinski definition) is 0. The Bertz CT molecular complexity index is 634. The third-order valence-electron chi connectivity index (χ3n) is 2.94. The molecule has 1 amide bonds. The zero-order valence-corrected chi connectivity index (χ0v) is 11.7. The zero-order valence-electron chi connectivity index (χ0n) is 11.7. The summed E-state index contributed by atoms with van der Waals surface area (Å²) in [6.45, 7) is 3.89. The first-order valence-electron chi connectivity index (χ1n) is 6.55. The summed E-state index contributed by atoms with van der Waals surface area (Å²) in [5, 5.41) is 0. The van der Waals surface area contributed by atoms with Gasteiger partial charge in [-0.15, -0.1) is 0 Å². The number of carbonyl (C=O) groups is 1. The Morgan fingerprint density at radius 1 is 0.900 bits per heavy atom. The van der Waals surface area contributed by atoms with Gasteiger partial charge in [-0.3, -0.25) is 4.79 Å². The summed E-state index contributed by atoms with van der Waals surface area (Å²) >= 11 is 0. The Balaban J connectivity index is 2.33. The molecule has 0 saturated carbocycles. The van der Waals surface area contributed by atoms with Gasteiger partial charge in [0.05, 0.1) is 5.71 Å². The van der Waals surface area contributed by atoms with Gasteiger partial charge in [0, 0.05) is 5.56 Å². The lowest BCUT2D eigenvalue weighted by Crippen LogP contribution is -2.02. The Kier molecular flexibility index (Phi) is 4.61. The molecule has 0 spiro atoms. The van der Waals surface area contributed by atoms with E-state index in [0.717, 1.165) is 11.1 Å². The molecule has 2 heteroatoms. The van der Waals surface area contributed by atoms with Crippen molar-refractivity contribution in [1.82, 2.24) is 0 Å². The van der Waals surface area contributed by atoms with Gasteiger partial charge >= 0.3 is 0 Å². The molecule has 0 fully saturated rings. The first-order valence-corrected chi connectivity index (χ1v) is 6.55. The van der Waals surface area contributed by atoms with Crippen LogP contribution in [0, 0.1) is 13.8 Å². The van der Waals surface area contributed by atoms with Gasteiger partial charge in [0.2, 0.25) is 0 Å². The Hall–Kier alpha value is -2.48. The molecule has 0 atom stereocenters. The van der Waals surface area contributed by atoms with Crippen molar-refractivity contribution in [3.8, 4) is 0 Å². The fourth-order valence-electron chi connectivity index (χ4n) is 1.84. The largest absolute Gasteiger partial charge is 0.277 e. The quantitative estimate of drug-likeness (QED) is 0.749. The van der Waals surface area contributed by atoms with Crippen molar-refractivity contribution in [2.45, 2.75) is 13.8 Å². The van der Waals surface area contributed by atoms with Crippen LogP contribution < -0.4 is 0 Å². The monoisotopic (exact) mass is 263 g/mol. The van der Waals surface area contributed by atoms with Crippen molar-refractivity contribution in [3.05, 3.63) is 83.5 Å². The van der Waals surface area contributed by atoms with Crippen LogP contribution in [0.4, 0.5) is 0 Å². The van der Waals surface area contributed by atoms with E-state index in [2.05, 4.69) is 4.99 Å². The maximum atomic E-state index is 12.3. The van der Waals surface area contributed by atoms with Crippen molar-refractivity contribution in [3.63, 3.8) is 0 Å². The first-order chi connectivity index (χ1) is 9.66. The molecular formula is C18H17NO. The molecule has 0 aliphatic heterocycles. The maximum absolute atomic E-state index is 12.3. The molecule has 0 N–H and O–H groups in total. The van der Waals surface area contributed by atoms with E-state index in [0.29, 0.717) is 11.3 Å². The highest BCUT2D eigenvalue weighted by Crippen LogP contribution is 2.12. The van der Waals surface area contributed by atoms with Gasteiger partial charge in [-0.25, -0.2) is 4.99 Å². The summed E-state index contributed by atoms with van der Waals surface area (Å²) in [5.74, 6) is -0.206. The number of aryl methyl sites for hydroxylation is 2. The molecule has 2 nitrogen and oxygen atoms in total. The molecule has 20 heavy (non-hydrogen) atoms. The van der Waals surface area contributed by atoms with Crippen LogP contribution in [0.3, 0.4) is 0 Å². The van der Waals surface area contributed by atoms with Crippen LogP contribution in [0.25, 0.3) is 0 Å². The van der Waals surface area contributed by atoms with E-state index in [9.17, 15) is 4.79 Å². The predicted octanol–water partition coefficient (Wildman–Crippen LogP) is 4.12. The molecule has 0 aromatic heterocycles. The maximum Gasteiger partial charge on any atom is 0.277 e. The average molecular weight is 263 g/mol. The number of allylic oxidation sites excluding steroid dienone is 8. The number of rotatable bonds is 1. The number of amides is 1. The lowest BCUT2D eigenvalue weighted by atomic mass is 10.1. The summed E-state index contributed by atoms with van der Waals surface area (Å²) < 4.78 is 0. The van der Waals surface area contributed by atoms with Gasteiger partial charge in [-0.05, 0) is 37.6 Å². The van der Waals surface area contributed by atoms with Gasteiger partial charge in [-0.2, -0.15) is 0 Å². The third-order valence-corrected chi connectivity index (χ3v) is 2.94. The molecule has 0 unspecified atom stereocenters. The van der Waals surface area contributed by atoms with Crippen molar-refractivity contribution in [2.75, 3.05) is 0 Å². The smallest absolute Gasteiger partial charge is 0.267 e. The number of benzene rings is 1. The van der Waals surface area contributed by atoms with Crippen LogP contribution in [-0.4, -0.2) is 11.6 Å². The minimum absolute atomic E-state index is 0.206. The van der Waals surface area contributed by atoms with Crippen LogP contribution in [0.5, 0.6) is 0 Å². The van der Waals surface area contributed by atoms with Crippen molar-refractivity contribution < 1.29 is 4.79 Å². The summed E-state index contributed by atoms with van der Waals surface area (Å²) in [6.07, 6.45) is 15.0. The standard InChI is InChI=1S/C18H17NO/c1-14-11-12-15(2)17(13-14)18(20)19-16-9-7-5-3-4-6-8-10-16/h3-13H,1-2H3. The highest BCUT2D eigenvalue weighted by molar-refractivity contribution is 6.13. The van der Waals surface area contributed by atoms with Crippen LogP contribution in [-0.2, 0) is 0 Å². The molecule has 1 aliphatic rings. The molecular weight excluding hydrogens is 246 g/mol. The van der Waals surface area contributed by atoms with Crippen molar-refractivity contribution in [1.29, 1.82) is 0 Å². The molecule has 1 aromatic rings.